The second-order valence-electron chi connectivity index (χ2n) is 9.25. The third-order valence-electron chi connectivity index (χ3n) is 7.27. The second-order valence-corrected chi connectivity index (χ2v) is 9.25. The summed E-state index contributed by atoms with van der Waals surface area (Å²) in [5, 5.41) is 0. The van der Waals surface area contributed by atoms with E-state index in [4.69, 9.17) is 5.73 Å². The van der Waals surface area contributed by atoms with E-state index in [1.807, 2.05) is 0 Å². The fraction of sp³-hybridized carbons (Fsp3) is 0.591. The van der Waals surface area contributed by atoms with Crippen molar-refractivity contribution in [3.8, 4) is 0 Å². The molecule has 1 spiro atoms. The molecular weight excluding hydrogens is 436 g/mol. The second kappa shape index (κ2) is 7.82. The molecule has 1 aromatic rings. The lowest BCUT2D eigenvalue weighted by Gasteiger charge is -2.35. The highest BCUT2D eigenvalue weighted by Gasteiger charge is 2.68. The van der Waals surface area contributed by atoms with Crippen LogP contribution in [0.25, 0.3) is 0 Å². The largest absolute Gasteiger partial charge is 0.339 e. The van der Waals surface area contributed by atoms with Crippen LogP contribution in [0.1, 0.15) is 63.5 Å². The van der Waals surface area contributed by atoms with Crippen molar-refractivity contribution in [1.82, 2.24) is 14.8 Å². The molecule has 0 aromatic carbocycles. The van der Waals surface area contributed by atoms with Crippen molar-refractivity contribution in [2.75, 3.05) is 4.90 Å². The topological polar surface area (TPSA) is 117 Å². The summed E-state index contributed by atoms with van der Waals surface area (Å²) in [4.78, 5) is 60.2. The van der Waals surface area contributed by atoms with Crippen molar-refractivity contribution in [2.45, 2.75) is 81.5 Å². The van der Waals surface area contributed by atoms with E-state index in [0.717, 1.165) is 41.3 Å². The molecule has 33 heavy (non-hydrogen) atoms. The number of amides is 5. The van der Waals surface area contributed by atoms with E-state index < -0.39 is 47.6 Å². The van der Waals surface area contributed by atoms with Gasteiger partial charge in [-0.25, -0.2) is 23.4 Å². The Bertz CT molecular complexity index is 1010. The van der Waals surface area contributed by atoms with Gasteiger partial charge in [0, 0.05) is 6.04 Å². The molecule has 3 atom stereocenters. The van der Waals surface area contributed by atoms with Crippen LogP contribution in [-0.2, 0) is 14.4 Å². The number of nitrogens with zero attached hydrogens (tertiary/aromatic N) is 4. The predicted octanol–water partition coefficient (Wildman–Crippen LogP) is 2.11. The quantitative estimate of drug-likeness (QED) is 0.689. The lowest BCUT2D eigenvalue weighted by Crippen LogP contribution is -2.57. The number of nitrogens with two attached hydrogens (primary N) is 1. The summed E-state index contributed by atoms with van der Waals surface area (Å²) in [7, 11) is 0. The van der Waals surface area contributed by atoms with Gasteiger partial charge in [0.05, 0.1) is 17.9 Å². The molecule has 1 aliphatic carbocycles. The Kier molecular flexibility index (Phi) is 5.19. The lowest BCUT2D eigenvalue weighted by molar-refractivity contribution is -0.146. The molecule has 3 aliphatic heterocycles. The third kappa shape index (κ3) is 3.32. The van der Waals surface area contributed by atoms with Crippen LogP contribution >= 0.6 is 0 Å². The highest BCUT2D eigenvalue weighted by molar-refractivity contribution is 6.29. The molecule has 0 radical (unpaired) electrons. The number of anilines is 1. The van der Waals surface area contributed by atoms with Crippen molar-refractivity contribution in [1.29, 1.82) is 0 Å². The van der Waals surface area contributed by atoms with Crippen LogP contribution in [0.15, 0.2) is 18.3 Å². The van der Waals surface area contributed by atoms with Crippen LogP contribution in [0.4, 0.5) is 19.3 Å². The van der Waals surface area contributed by atoms with Crippen molar-refractivity contribution < 1.29 is 28.0 Å². The Morgan fingerprint density at radius 1 is 1.09 bits per heavy atom. The Hall–Kier alpha value is -2.95. The van der Waals surface area contributed by atoms with E-state index in [1.165, 1.54) is 6.07 Å². The van der Waals surface area contributed by atoms with Crippen LogP contribution in [0.2, 0.25) is 0 Å². The van der Waals surface area contributed by atoms with E-state index in [0.29, 0.717) is 32.1 Å². The van der Waals surface area contributed by atoms with Crippen molar-refractivity contribution in [3.63, 3.8) is 0 Å². The fourth-order valence-corrected chi connectivity index (χ4v) is 5.37. The summed E-state index contributed by atoms with van der Waals surface area (Å²) in [6.45, 7) is 0. The van der Waals surface area contributed by atoms with Gasteiger partial charge in [-0.2, -0.15) is 0 Å². The molecule has 9 nitrogen and oxygen atoms in total. The molecule has 4 fully saturated rings. The number of urea groups is 1. The van der Waals surface area contributed by atoms with Gasteiger partial charge in [0.15, 0.2) is 0 Å². The monoisotopic (exact) mass is 461 g/mol. The zero-order chi connectivity index (χ0) is 23.5. The maximum absolute atomic E-state index is 13.7. The summed E-state index contributed by atoms with van der Waals surface area (Å²) < 4.78 is 25.7. The molecule has 4 heterocycles. The summed E-state index contributed by atoms with van der Waals surface area (Å²) in [6, 6.07) is -0.208. The van der Waals surface area contributed by atoms with Crippen molar-refractivity contribution in [2.24, 2.45) is 5.73 Å². The van der Waals surface area contributed by atoms with Crippen LogP contribution in [-0.4, -0.2) is 62.2 Å². The maximum atomic E-state index is 13.7. The number of pyridine rings is 1. The highest BCUT2D eigenvalue weighted by Crippen LogP contribution is 2.50. The van der Waals surface area contributed by atoms with E-state index in [9.17, 15) is 28.0 Å². The summed E-state index contributed by atoms with van der Waals surface area (Å²) in [5.74, 6) is -1.44. The van der Waals surface area contributed by atoms with Gasteiger partial charge < -0.3 is 10.6 Å². The standard InChI is InChI=1S/C22H25F2N5O4/c23-17(24)15-7-5-13(11-26-15)28-20(32)22(9-10-22)29(21(28)33)19(31)16-8-6-12-3-1-2-4-14(25)18(30)27(12)16/h5,7,11-12,14,16-17H,1-4,6,8-10,25H2/t12-,14-,16-/m0/s1. The minimum Gasteiger partial charge on any atom is -0.326 e. The van der Waals surface area contributed by atoms with Gasteiger partial charge in [-0.15, -0.1) is 0 Å². The number of rotatable bonds is 3. The summed E-state index contributed by atoms with van der Waals surface area (Å²) in [6.07, 6.45) is 3.02. The maximum Gasteiger partial charge on any atom is 0.339 e. The minimum absolute atomic E-state index is 0.0321. The number of aromatic nitrogens is 1. The van der Waals surface area contributed by atoms with Gasteiger partial charge in [0.1, 0.15) is 17.3 Å². The van der Waals surface area contributed by atoms with Gasteiger partial charge in [0.25, 0.3) is 18.2 Å². The number of fused-ring (bicyclic) bond motifs is 1. The number of halogens is 2. The molecule has 0 unspecified atom stereocenters. The molecule has 11 heteroatoms. The molecule has 1 saturated carbocycles. The Morgan fingerprint density at radius 2 is 1.82 bits per heavy atom. The van der Waals surface area contributed by atoms with Gasteiger partial charge in [-0.05, 0) is 50.7 Å². The fourth-order valence-electron chi connectivity index (χ4n) is 5.37. The first kappa shape index (κ1) is 21.9. The number of hydrogen-bond donors (Lipinski definition) is 1. The Morgan fingerprint density at radius 3 is 2.45 bits per heavy atom. The molecule has 2 N–H and O–H groups in total. The van der Waals surface area contributed by atoms with Gasteiger partial charge in [-0.3, -0.25) is 19.4 Å². The summed E-state index contributed by atoms with van der Waals surface area (Å²) >= 11 is 0. The Labute approximate surface area is 188 Å². The van der Waals surface area contributed by atoms with Crippen LogP contribution in [0, 0.1) is 0 Å². The third-order valence-corrected chi connectivity index (χ3v) is 7.27. The highest BCUT2D eigenvalue weighted by atomic mass is 19.3. The number of imide groups is 2. The Balaban J connectivity index is 1.44. The molecule has 3 saturated heterocycles. The lowest BCUT2D eigenvalue weighted by atomic mass is 9.99. The first-order chi connectivity index (χ1) is 15.8. The van der Waals surface area contributed by atoms with Gasteiger partial charge in [0.2, 0.25) is 5.91 Å². The number of hydrogen-bond acceptors (Lipinski definition) is 6. The number of carbonyl (C=O) groups excluding carboxylic acids is 4. The first-order valence-electron chi connectivity index (χ1n) is 11.3. The smallest absolute Gasteiger partial charge is 0.326 e. The van der Waals surface area contributed by atoms with Gasteiger partial charge in [-0.1, -0.05) is 12.8 Å². The van der Waals surface area contributed by atoms with Gasteiger partial charge >= 0.3 is 6.03 Å². The molecule has 5 amide bonds. The predicted molar refractivity (Wildman–Crippen MR) is 111 cm³/mol. The number of carbonyl (C=O) groups is 4. The van der Waals surface area contributed by atoms with E-state index in [1.54, 1.807) is 4.90 Å². The van der Waals surface area contributed by atoms with Crippen LogP contribution < -0.4 is 10.6 Å². The average molecular weight is 461 g/mol. The normalized spacial score (nSPS) is 29.0. The van der Waals surface area contributed by atoms with E-state index in [2.05, 4.69) is 4.98 Å². The molecule has 0 bridgehead atoms. The molecule has 5 rings (SSSR count). The summed E-state index contributed by atoms with van der Waals surface area (Å²) in [5.41, 5.74) is 4.34. The van der Waals surface area contributed by atoms with Crippen LogP contribution in [0.5, 0.6) is 0 Å². The SMILES string of the molecule is N[C@H]1CCCC[C@H]2CC[C@@H](C(=O)N3C(=O)N(c4ccc(C(F)F)nc4)C(=O)C34CC4)N2C1=O. The van der Waals surface area contributed by atoms with E-state index >= 15 is 0 Å². The minimum atomic E-state index is -2.78. The first-order valence-corrected chi connectivity index (χ1v) is 11.3. The molecule has 176 valence electrons. The molecular formula is C22H25F2N5O4. The van der Waals surface area contributed by atoms with E-state index in [-0.39, 0.29) is 17.6 Å². The number of alkyl halides is 2. The van der Waals surface area contributed by atoms with Crippen LogP contribution in [0.3, 0.4) is 0 Å². The molecule has 1 aromatic heterocycles. The zero-order valence-electron chi connectivity index (χ0n) is 18.0. The zero-order valence-corrected chi connectivity index (χ0v) is 18.0. The molecule has 4 aliphatic rings. The van der Waals surface area contributed by atoms with Crippen molar-refractivity contribution >= 4 is 29.4 Å². The van der Waals surface area contributed by atoms with Crippen molar-refractivity contribution in [3.05, 3.63) is 24.0 Å². The average Bonchev–Trinajstić information content (AvgIpc) is 3.42.